The molecular weight excluding hydrogens is 202 g/mol. The van der Waals surface area contributed by atoms with Crippen LogP contribution in [-0.2, 0) is 0 Å². The van der Waals surface area contributed by atoms with E-state index in [2.05, 4.69) is 30.1 Å². The van der Waals surface area contributed by atoms with Crippen LogP contribution in [0, 0.1) is 31.1 Å². The Labute approximate surface area is 96.3 Å². The molecule has 0 aromatic carbocycles. The Balaban J connectivity index is 2.81. The molecular formula is C12H17N3O. The number of aromatic nitrogens is 2. The third-order valence-electron chi connectivity index (χ3n) is 2.47. The molecule has 0 aliphatic heterocycles. The summed E-state index contributed by atoms with van der Waals surface area (Å²) in [6, 6.07) is 2.12. The second-order valence-electron chi connectivity index (χ2n) is 4.23. The molecule has 0 amide bonds. The van der Waals surface area contributed by atoms with Gasteiger partial charge in [0.2, 0.25) is 0 Å². The fraction of sp³-hybridized carbons (Fsp3) is 0.583. The van der Waals surface area contributed by atoms with E-state index in [1.807, 2.05) is 13.8 Å². The maximum atomic E-state index is 9.03. The van der Waals surface area contributed by atoms with Gasteiger partial charge in [-0.1, -0.05) is 13.8 Å². The minimum Gasteiger partial charge on any atom is -0.476 e. The quantitative estimate of drug-likeness (QED) is 0.780. The lowest BCUT2D eigenvalue weighted by Crippen LogP contribution is -2.07. The van der Waals surface area contributed by atoms with Crippen molar-refractivity contribution in [2.75, 3.05) is 6.61 Å². The maximum Gasteiger partial charge on any atom is 0.251 e. The standard InChI is InChI=1S/C12H17N3O/c1-8(2)5-6-16-12-11(7-13)9(3)10(4)14-15-12/h8H,5-6H2,1-4H3. The van der Waals surface area contributed by atoms with Gasteiger partial charge >= 0.3 is 0 Å². The highest BCUT2D eigenvalue weighted by Crippen LogP contribution is 2.19. The SMILES string of the molecule is Cc1nnc(OCCC(C)C)c(C#N)c1C. The number of rotatable bonds is 4. The fourth-order valence-corrected chi connectivity index (χ4v) is 1.21. The van der Waals surface area contributed by atoms with Gasteiger partial charge in [-0.3, -0.25) is 0 Å². The van der Waals surface area contributed by atoms with Gasteiger partial charge in [0.05, 0.1) is 12.3 Å². The van der Waals surface area contributed by atoms with E-state index >= 15 is 0 Å². The Morgan fingerprint density at radius 2 is 2.00 bits per heavy atom. The zero-order chi connectivity index (χ0) is 12.1. The van der Waals surface area contributed by atoms with Crippen LogP contribution in [0.2, 0.25) is 0 Å². The lowest BCUT2D eigenvalue weighted by Gasteiger charge is -2.09. The molecule has 1 rings (SSSR count). The number of hydrogen-bond donors (Lipinski definition) is 0. The van der Waals surface area contributed by atoms with Gasteiger partial charge in [0, 0.05) is 0 Å². The van der Waals surface area contributed by atoms with Crippen molar-refractivity contribution in [1.82, 2.24) is 10.2 Å². The molecule has 0 aliphatic rings. The van der Waals surface area contributed by atoms with E-state index in [-0.39, 0.29) is 0 Å². The molecule has 1 heterocycles. The summed E-state index contributed by atoms with van der Waals surface area (Å²) >= 11 is 0. The Kier molecular flexibility index (Phi) is 4.24. The highest BCUT2D eigenvalue weighted by atomic mass is 16.5. The van der Waals surface area contributed by atoms with Crippen molar-refractivity contribution in [3.63, 3.8) is 0 Å². The fourth-order valence-electron chi connectivity index (χ4n) is 1.21. The third kappa shape index (κ3) is 2.93. The smallest absolute Gasteiger partial charge is 0.251 e. The van der Waals surface area contributed by atoms with Crippen LogP contribution in [0.4, 0.5) is 0 Å². The number of ether oxygens (including phenoxy) is 1. The Bertz CT molecular complexity index is 407. The molecule has 4 nitrogen and oxygen atoms in total. The van der Waals surface area contributed by atoms with Gasteiger partial charge in [0.25, 0.3) is 5.88 Å². The summed E-state index contributed by atoms with van der Waals surface area (Å²) in [5, 5.41) is 16.9. The molecule has 0 radical (unpaired) electrons. The van der Waals surface area contributed by atoms with E-state index in [1.165, 1.54) is 0 Å². The van der Waals surface area contributed by atoms with Gasteiger partial charge in [0.1, 0.15) is 11.6 Å². The van der Waals surface area contributed by atoms with Crippen molar-refractivity contribution in [3.8, 4) is 11.9 Å². The molecule has 0 unspecified atom stereocenters. The second-order valence-corrected chi connectivity index (χ2v) is 4.23. The third-order valence-corrected chi connectivity index (χ3v) is 2.47. The molecule has 0 fully saturated rings. The van der Waals surface area contributed by atoms with Crippen LogP contribution in [0.5, 0.6) is 5.88 Å². The van der Waals surface area contributed by atoms with E-state index in [1.54, 1.807) is 0 Å². The van der Waals surface area contributed by atoms with Crippen molar-refractivity contribution in [2.24, 2.45) is 5.92 Å². The van der Waals surface area contributed by atoms with Gasteiger partial charge in [-0.2, -0.15) is 10.4 Å². The zero-order valence-electron chi connectivity index (χ0n) is 10.2. The first-order valence-corrected chi connectivity index (χ1v) is 5.43. The molecule has 0 saturated heterocycles. The number of nitrogens with zero attached hydrogens (tertiary/aromatic N) is 3. The van der Waals surface area contributed by atoms with Crippen LogP contribution in [0.25, 0.3) is 0 Å². The summed E-state index contributed by atoms with van der Waals surface area (Å²) < 4.78 is 5.48. The monoisotopic (exact) mass is 219 g/mol. The molecule has 1 aromatic rings. The number of aryl methyl sites for hydroxylation is 1. The molecule has 0 spiro atoms. The number of hydrogen-bond acceptors (Lipinski definition) is 4. The van der Waals surface area contributed by atoms with Crippen LogP contribution >= 0.6 is 0 Å². The lowest BCUT2D eigenvalue weighted by atomic mass is 10.1. The minimum atomic E-state index is 0.353. The average molecular weight is 219 g/mol. The van der Waals surface area contributed by atoms with Crippen molar-refractivity contribution in [1.29, 1.82) is 5.26 Å². The molecule has 0 bridgehead atoms. The predicted octanol–water partition coefficient (Wildman–Crippen LogP) is 2.39. The summed E-state index contributed by atoms with van der Waals surface area (Å²) in [5.74, 6) is 0.927. The Morgan fingerprint density at radius 1 is 1.31 bits per heavy atom. The summed E-state index contributed by atoms with van der Waals surface area (Å²) in [5.41, 5.74) is 2.11. The van der Waals surface area contributed by atoms with E-state index in [0.717, 1.165) is 17.7 Å². The van der Waals surface area contributed by atoms with Gasteiger partial charge in [-0.05, 0) is 31.7 Å². The molecule has 0 aliphatic carbocycles. The maximum absolute atomic E-state index is 9.03. The van der Waals surface area contributed by atoms with E-state index in [0.29, 0.717) is 24.0 Å². The summed E-state index contributed by atoms with van der Waals surface area (Å²) in [6.07, 6.45) is 0.944. The van der Waals surface area contributed by atoms with Gasteiger partial charge in [0.15, 0.2) is 0 Å². The van der Waals surface area contributed by atoms with Gasteiger partial charge < -0.3 is 4.74 Å². The first-order valence-electron chi connectivity index (χ1n) is 5.43. The topological polar surface area (TPSA) is 58.8 Å². The number of nitriles is 1. The largest absolute Gasteiger partial charge is 0.476 e. The normalized spacial score (nSPS) is 10.2. The molecule has 16 heavy (non-hydrogen) atoms. The van der Waals surface area contributed by atoms with Crippen molar-refractivity contribution in [3.05, 3.63) is 16.8 Å². The highest BCUT2D eigenvalue weighted by Gasteiger charge is 2.11. The molecule has 0 N–H and O–H groups in total. The van der Waals surface area contributed by atoms with Crippen molar-refractivity contribution >= 4 is 0 Å². The van der Waals surface area contributed by atoms with Crippen LogP contribution < -0.4 is 4.74 Å². The zero-order valence-corrected chi connectivity index (χ0v) is 10.2. The summed E-state index contributed by atoms with van der Waals surface area (Å²) in [7, 11) is 0. The lowest BCUT2D eigenvalue weighted by molar-refractivity contribution is 0.275. The van der Waals surface area contributed by atoms with Crippen molar-refractivity contribution in [2.45, 2.75) is 34.1 Å². The van der Waals surface area contributed by atoms with E-state index < -0.39 is 0 Å². The average Bonchev–Trinajstić information content (AvgIpc) is 2.23. The van der Waals surface area contributed by atoms with Gasteiger partial charge in [-0.15, -0.1) is 5.10 Å². The molecule has 0 atom stereocenters. The second kappa shape index (κ2) is 5.45. The molecule has 0 saturated carbocycles. The summed E-state index contributed by atoms with van der Waals surface area (Å²) in [4.78, 5) is 0. The predicted molar refractivity (Wildman–Crippen MR) is 61.2 cm³/mol. The Hall–Kier alpha value is -1.63. The van der Waals surface area contributed by atoms with Crippen LogP contribution in [0.1, 0.15) is 37.1 Å². The molecule has 86 valence electrons. The van der Waals surface area contributed by atoms with Crippen LogP contribution in [0.3, 0.4) is 0 Å². The van der Waals surface area contributed by atoms with Crippen molar-refractivity contribution < 1.29 is 4.74 Å². The minimum absolute atomic E-state index is 0.353. The summed E-state index contributed by atoms with van der Waals surface area (Å²) in [6.45, 7) is 8.52. The van der Waals surface area contributed by atoms with E-state index in [4.69, 9.17) is 10.00 Å². The van der Waals surface area contributed by atoms with Crippen LogP contribution in [0.15, 0.2) is 0 Å². The van der Waals surface area contributed by atoms with E-state index in [9.17, 15) is 0 Å². The highest BCUT2D eigenvalue weighted by molar-refractivity contribution is 5.44. The first kappa shape index (κ1) is 12.4. The molecule has 1 aromatic heterocycles. The molecule has 4 heteroatoms. The Morgan fingerprint density at radius 3 is 2.56 bits per heavy atom. The van der Waals surface area contributed by atoms with Gasteiger partial charge in [-0.25, -0.2) is 0 Å². The van der Waals surface area contributed by atoms with Crippen LogP contribution in [-0.4, -0.2) is 16.8 Å². The first-order chi connectivity index (χ1) is 7.56.